The second-order valence-corrected chi connectivity index (χ2v) is 7.80. The molecule has 124 valence electrons. The summed E-state index contributed by atoms with van der Waals surface area (Å²) in [5, 5.41) is 10.3. The highest BCUT2D eigenvalue weighted by atomic mass is 32.1. The highest BCUT2D eigenvalue weighted by Crippen LogP contribution is 2.29. The lowest BCUT2D eigenvalue weighted by atomic mass is 9.97. The smallest absolute Gasteiger partial charge is 0.321 e. The largest absolute Gasteiger partial charge is 0.336 e. The normalized spacial score (nSPS) is 17.8. The number of thiazole rings is 1. The lowest BCUT2D eigenvalue weighted by Crippen LogP contribution is -2.42. The Labute approximate surface area is 144 Å². The summed E-state index contributed by atoms with van der Waals surface area (Å²) in [7, 11) is 0. The number of likely N-dealkylation sites (tertiary alicyclic amines) is 1. The van der Waals surface area contributed by atoms with E-state index in [0.717, 1.165) is 19.0 Å². The number of amides is 2. The molecule has 2 aromatic rings. The van der Waals surface area contributed by atoms with Crippen molar-refractivity contribution in [2.45, 2.75) is 25.8 Å². The molecule has 2 N–H and O–H groups in total. The van der Waals surface area contributed by atoms with Crippen LogP contribution in [-0.4, -0.2) is 35.5 Å². The maximum Gasteiger partial charge on any atom is 0.321 e. The van der Waals surface area contributed by atoms with Crippen LogP contribution in [0, 0.1) is 5.92 Å². The van der Waals surface area contributed by atoms with Gasteiger partial charge in [0, 0.05) is 23.0 Å². The van der Waals surface area contributed by atoms with Crippen LogP contribution in [0.15, 0.2) is 29.1 Å². The molecule has 0 spiro atoms. The zero-order valence-electron chi connectivity index (χ0n) is 13.2. The fourth-order valence-electron chi connectivity index (χ4n) is 2.85. The minimum absolute atomic E-state index is 0.188. The highest BCUT2D eigenvalue weighted by molar-refractivity contribution is 7.13. The van der Waals surface area contributed by atoms with Gasteiger partial charge < -0.3 is 5.32 Å². The SMILES string of the molecule is CC1CCN(C(CNC(=O)Nc2nccs2)c2cccs2)CC1. The molecule has 2 amide bonds. The fourth-order valence-corrected chi connectivity index (χ4v) is 4.23. The van der Waals surface area contributed by atoms with Crippen LogP contribution in [0.2, 0.25) is 0 Å². The van der Waals surface area contributed by atoms with Crippen molar-refractivity contribution >= 4 is 33.8 Å². The van der Waals surface area contributed by atoms with E-state index in [1.807, 2.05) is 5.38 Å². The number of hydrogen-bond donors (Lipinski definition) is 2. The average Bonchev–Trinajstić information content (AvgIpc) is 3.23. The minimum Gasteiger partial charge on any atom is -0.336 e. The van der Waals surface area contributed by atoms with Gasteiger partial charge in [0.25, 0.3) is 0 Å². The Morgan fingerprint density at radius 2 is 2.22 bits per heavy atom. The van der Waals surface area contributed by atoms with Gasteiger partial charge in [0.05, 0.1) is 6.04 Å². The molecule has 0 aliphatic carbocycles. The molecule has 5 nitrogen and oxygen atoms in total. The molecule has 0 saturated carbocycles. The molecule has 1 saturated heterocycles. The summed E-state index contributed by atoms with van der Waals surface area (Å²) >= 11 is 3.18. The summed E-state index contributed by atoms with van der Waals surface area (Å²) in [5.41, 5.74) is 0. The summed E-state index contributed by atoms with van der Waals surface area (Å²) in [6, 6.07) is 4.31. The first-order valence-corrected chi connectivity index (χ1v) is 9.70. The maximum atomic E-state index is 12.0. The number of urea groups is 1. The number of nitrogens with one attached hydrogen (secondary N) is 2. The second-order valence-electron chi connectivity index (χ2n) is 5.92. The zero-order chi connectivity index (χ0) is 16.1. The standard InChI is InChI=1S/C16H22N4OS2/c1-12-4-7-20(8-5-12)13(14-3-2-9-22-14)11-18-15(21)19-16-17-6-10-23-16/h2-3,6,9-10,12-13H,4-5,7-8,11H2,1H3,(H2,17,18,19,21). The summed E-state index contributed by atoms with van der Waals surface area (Å²) in [6.07, 6.45) is 4.14. The third-order valence-electron chi connectivity index (χ3n) is 4.24. The van der Waals surface area contributed by atoms with E-state index in [0.29, 0.717) is 11.7 Å². The van der Waals surface area contributed by atoms with E-state index < -0.39 is 0 Å². The van der Waals surface area contributed by atoms with E-state index in [1.165, 1.54) is 29.1 Å². The molecular formula is C16H22N4OS2. The Morgan fingerprint density at radius 1 is 1.39 bits per heavy atom. The van der Waals surface area contributed by atoms with Gasteiger partial charge in [0.1, 0.15) is 0 Å². The van der Waals surface area contributed by atoms with Gasteiger partial charge in [-0.3, -0.25) is 10.2 Å². The topological polar surface area (TPSA) is 57.3 Å². The van der Waals surface area contributed by atoms with Crippen molar-refractivity contribution in [3.05, 3.63) is 34.0 Å². The third-order valence-corrected chi connectivity index (χ3v) is 5.90. The number of carbonyl (C=O) groups excluding carboxylic acids is 1. The highest BCUT2D eigenvalue weighted by Gasteiger charge is 2.25. The first-order valence-electron chi connectivity index (χ1n) is 7.94. The van der Waals surface area contributed by atoms with Crippen LogP contribution in [0.3, 0.4) is 0 Å². The Morgan fingerprint density at radius 3 is 2.87 bits per heavy atom. The molecule has 0 bridgehead atoms. The first kappa shape index (κ1) is 16.4. The predicted octanol–water partition coefficient (Wildman–Crippen LogP) is 3.80. The Hall–Kier alpha value is -1.44. The van der Waals surface area contributed by atoms with Gasteiger partial charge >= 0.3 is 6.03 Å². The van der Waals surface area contributed by atoms with Crippen LogP contribution >= 0.6 is 22.7 Å². The summed E-state index contributed by atoms with van der Waals surface area (Å²) < 4.78 is 0. The molecule has 2 aromatic heterocycles. The van der Waals surface area contributed by atoms with Crippen molar-refractivity contribution in [2.24, 2.45) is 5.92 Å². The monoisotopic (exact) mass is 350 g/mol. The van der Waals surface area contributed by atoms with Crippen molar-refractivity contribution in [3.63, 3.8) is 0 Å². The van der Waals surface area contributed by atoms with Crippen LogP contribution in [0.25, 0.3) is 0 Å². The molecular weight excluding hydrogens is 328 g/mol. The van der Waals surface area contributed by atoms with Crippen molar-refractivity contribution in [1.29, 1.82) is 0 Å². The van der Waals surface area contributed by atoms with Crippen LogP contribution in [-0.2, 0) is 0 Å². The first-order chi connectivity index (χ1) is 11.2. The summed E-state index contributed by atoms with van der Waals surface area (Å²) in [4.78, 5) is 19.9. The van der Waals surface area contributed by atoms with Crippen molar-refractivity contribution in [1.82, 2.24) is 15.2 Å². The van der Waals surface area contributed by atoms with Crippen molar-refractivity contribution < 1.29 is 4.79 Å². The number of anilines is 1. The van der Waals surface area contributed by atoms with Gasteiger partial charge in [-0.1, -0.05) is 13.0 Å². The molecule has 0 aromatic carbocycles. The Bertz CT molecular complexity index is 592. The van der Waals surface area contributed by atoms with Crippen LogP contribution < -0.4 is 10.6 Å². The minimum atomic E-state index is -0.188. The van der Waals surface area contributed by atoms with E-state index in [1.54, 1.807) is 17.5 Å². The fraction of sp³-hybridized carbons (Fsp3) is 0.500. The van der Waals surface area contributed by atoms with Gasteiger partial charge in [-0.05, 0) is 43.3 Å². The van der Waals surface area contributed by atoms with E-state index in [-0.39, 0.29) is 12.1 Å². The Kier molecular flexibility index (Phi) is 5.64. The second kappa shape index (κ2) is 7.90. The van der Waals surface area contributed by atoms with Gasteiger partial charge in [0.2, 0.25) is 0 Å². The maximum absolute atomic E-state index is 12.0. The molecule has 7 heteroatoms. The molecule has 1 unspecified atom stereocenters. The number of rotatable bonds is 5. The zero-order valence-corrected chi connectivity index (χ0v) is 14.8. The van der Waals surface area contributed by atoms with Gasteiger partial charge in [-0.25, -0.2) is 9.78 Å². The van der Waals surface area contributed by atoms with E-state index >= 15 is 0 Å². The number of carbonyl (C=O) groups is 1. The predicted molar refractivity (Wildman–Crippen MR) is 96.2 cm³/mol. The lowest BCUT2D eigenvalue weighted by molar-refractivity contribution is 0.138. The lowest BCUT2D eigenvalue weighted by Gasteiger charge is -2.36. The van der Waals surface area contributed by atoms with Gasteiger partial charge in [-0.2, -0.15) is 0 Å². The number of hydrogen-bond acceptors (Lipinski definition) is 5. The van der Waals surface area contributed by atoms with Gasteiger partial charge in [0.15, 0.2) is 5.13 Å². The molecule has 1 aliphatic rings. The molecule has 3 rings (SSSR count). The number of piperidine rings is 1. The van der Waals surface area contributed by atoms with Crippen LogP contribution in [0.4, 0.5) is 9.93 Å². The summed E-state index contributed by atoms with van der Waals surface area (Å²) in [6.45, 7) is 5.13. The quantitative estimate of drug-likeness (QED) is 0.862. The molecule has 1 fully saturated rings. The summed E-state index contributed by atoms with van der Waals surface area (Å²) in [5.74, 6) is 0.802. The number of nitrogens with zero attached hydrogens (tertiary/aromatic N) is 2. The molecule has 1 aliphatic heterocycles. The molecule has 0 radical (unpaired) electrons. The van der Waals surface area contributed by atoms with Crippen LogP contribution in [0.1, 0.15) is 30.7 Å². The van der Waals surface area contributed by atoms with E-state index in [4.69, 9.17) is 0 Å². The Balaban J connectivity index is 1.59. The van der Waals surface area contributed by atoms with Crippen LogP contribution in [0.5, 0.6) is 0 Å². The van der Waals surface area contributed by atoms with E-state index in [9.17, 15) is 4.79 Å². The van der Waals surface area contributed by atoms with E-state index in [2.05, 4.69) is 45.0 Å². The number of thiophene rings is 1. The molecule has 3 heterocycles. The van der Waals surface area contributed by atoms with Crippen molar-refractivity contribution in [2.75, 3.05) is 25.0 Å². The van der Waals surface area contributed by atoms with Gasteiger partial charge in [-0.15, -0.1) is 22.7 Å². The third kappa shape index (κ3) is 4.53. The molecule has 1 atom stereocenters. The number of aromatic nitrogens is 1. The molecule has 23 heavy (non-hydrogen) atoms. The van der Waals surface area contributed by atoms with Crippen molar-refractivity contribution in [3.8, 4) is 0 Å². The average molecular weight is 351 g/mol.